The summed E-state index contributed by atoms with van der Waals surface area (Å²) in [6, 6.07) is 0. The van der Waals surface area contributed by atoms with E-state index in [0.717, 1.165) is 12.8 Å². The van der Waals surface area contributed by atoms with Crippen LogP contribution in [0.2, 0.25) is 0 Å². The van der Waals surface area contributed by atoms with Crippen molar-refractivity contribution in [1.29, 1.82) is 0 Å². The standard InChI is InChI=1S/C5H10FN.C5H11N/c1-7-5(4-6)2-3-5;1-6-4-2-3-5-6/h7H,2-4H2,1H3;2-5H2,1H3. The van der Waals surface area contributed by atoms with E-state index in [0.29, 0.717) is 0 Å². The molecule has 1 aliphatic carbocycles. The van der Waals surface area contributed by atoms with E-state index in [1.165, 1.54) is 25.9 Å². The SMILES string of the molecule is CN1CCCC1.CNC1(CF)CC1. The average molecular weight is 188 g/mol. The first-order valence-corrected chi connectivity index (χ1v) is 5.16. The Kier molecular flexibility index (Phi) is 4.13. The fourth-order valence-electron chi connectivity index (χ4n) is 1.48. The van der Waals surface area contributed by atoms with Gasteiger partial charge in [0.25, 0.3) is 0 Å². The number of halogens is 1. The summed E-state index contributed by atoms with van der Waals surface area (Å²) >= 11 is 0. The molecule has 2 fully saturated rings. The molecule has 1 saturated heterocycles. The summed E-state index contributed by atoms with van der Waals surface area (Å²) in [5.41, 5.74) is -0.0833. The van der Waals surface area contributed by atoms with Crippen LogP contribution in [-0.2, 0) is 0 Å². The highest BCUT2D eigenvalue weighted by Gasteiger charge is 2.40. The van der Waals surface area contributed by atoms with E-state index < -0.39 is 0 Å². The normalized spacial score (nSPS) is 25.2. The average Bonchev–Trinajstić information content (AvgIpc) is 2.82. The maximum absolute atomic E-state index is 11.8. The smallest absolute Gasteiger partial charge is 0.108 e. The summed E-state index contributed by atoms with van der Waals surface area (Å²) in [5.74, 6) is 0. The molecular weight excluding hydrogens is 167 g/mol. The zero-order chi connectivity index (χ0) is 9.73. The van der Waals surface area contributed by atoms with Gasteiger partial charge in [0.2, 0.25) is 0 Å². The molecular formula is C10H21FN2. The predicted molar refractivity (Wildman–Crippen MR) is 53.7 cm³/mol. The Labute approximate surface area is 80.5 Å². The van der Waals surface area contributed by atoms with Gasteiger partial charge in [0.05, 0.1) is 0 Å². The van der Waals surface area contributed by atoms with Gasteiger partial charge in [-0.1, -0.05) is 0 Å². The monoisotopic (exact) mass is 188 g/mol. The van der Waals surface area contributed by atoms with Crippen LogP contribution in [0.3, 0.4) is 0 Å². The van der Waals surface area contributed by atoms with Crippen molar-refractivity contribution in [2.24, 2.45) is 0 Å². The first kappa shape index (κ1) is 10.9. The van der Waals surface area contributed by atoms with Crippen LogP contribution in [0.15, 0.2) is 0 Å². The van der Waals surface area contributed by atoms with Gasteiger partial charge in [-0.2, -0.15) is 0 Å². The number of nitrogens with zero attached hydrogens (tertiary/aromatic N) is 1. The Morgan fingerprint density at radius 2 is 1.85 bits per heavy atom. The molecule has 2 rings (SSSR count). The van der Waals surface area contributed by atoms with Gasteiger partial charge in [0.15, 0.2) is 0 Å². The fourth-order valence-corrected chi connectivity index (χ4v) is 1.48. The van der Waals surface area contributed by atoms with Crippen molar-refractivity contribution in [3.05, 3.63) is 0 Å². The molecule has 0 amide bonds. The van der Waals surface area contributed by atoms with Crippen molar-refractivity contribution in [1.82, 2.24) is 10.2 Å². The summed E-state index contributed by atoms with van der Waals surface area (Å²) < 4.78 is 11.8. The molecule has 0 bridgehead atoms. The topological polar surface area (TPSA) is 15.3 Å². The maximum Gasteiger partial charge on any atom is 0.108 e. The molecule has 0 aromatic heterocycles. The molecule has 1 aliphatic heterocycles. The van der Waals surface area contributed by atoms with E-state index in [4.69, 9.17) is 0 Å². The first-order chi connectivity index (χ1) is 6.22. The van der Waals surface area contributed by atoms with Crippen LogP contribution < -0.4 is 5.32 Å². The molecule has 0 aromatic carbocycles. The minimum absolute atomic E-state index is 0.0833. The van der Waals surface area contributed by atoms with Crippen molar-refractivity contribution >= 4 is 0 Å². The Morgan fingerprint density at radius 1 is 1.31 bits per heavy atom. The van der Waals surface area contributed by atoms with E-state index in [9.17, 15) is 4.39 Å². The van der Waals surface area contributed by atoms with Gasteiger partial charge in [0.1, 0.15) is 6.67 Å². The molecule has 3 heteroatoms. The number of alkyl halides is 1. The van der Waals surface area contributed by atoms with Gasteiger partial charge in [-0.3, -0.25) is 0 Å². The van der Waals surface area contributed by atoms with Crippen molar-refractivity contribution in [3.63, 3.8) is 0 Å². The quantitative estimate of drug-likeness (QED) is 0.705. The van der Waals surface area contributed by atoms with Gasteiger partial charge in [-0.25, -0.2) is 4.39 Å². The molecule has 13 heavy (non-hydrogen) atoms. The van der Waals surface area contributed by atoms with E-state index >= 15 is 0 Å². The third kappa shape index (κ3) is 3.61. The van der Waals surface area contributed by atoms with Crippen LogP contribution >= 0.6 is 0 Å². The highest BCUT2D eigenvalue weighted by Crippen LogP contribution is 2.34. The maximum atomic E-state index is 11.8. The summed E-state index contributed by atoms with van der Waals surface area (Å²) in [4.78, 5) is 2.36. The molecule has 1 saturated carbocycles. The number of hydrogen-bond donors (Lipinski definition) is 1. The second kappa shape index (κ2) is 4.91. The highest BCUT2D eigenvalue weighted by atomic mass is 19.1. The van der Waals surface area contributed by atoms with Crippen LogP contribution in [0.5, 0.6) is 0 Å². The largest absolute Gasteiger partial charge is 0.312 e. The van der Waals surface area contributed by atoms with Gasteiger partial charge in [-0.15, -0.1) is 0 Å². The lowest BCUT2D eigenvalue weighted by Crippen LogP contribution is -2.28. The van der Waals surface area contributed by atoms with Crippen LogP contribution in [0, 0.1) is 0 Å². The van der Waals surface area contributed by atoms with E-state index in [2.05, 4.69) is 17.3 Å². The molecule has 0 radical (unpaired) electrons. The van der Waals surface area contributed by atoms with Crippen LogP contribution in [0.1, 0.15) is 25.7 Å². The van der Waals surface area contributed by atoms with Gasteiger partial charge < -0.3 is 10.2 Å². The van der Waals surface area contributed by atoms with E-state index in [1.807, 2.05) is 7.05 Å². The Bertz CT molecular complexity index is 134. The minimum Gasteiger partial charge on any atom is -0.312 e. The molecule has 0 aromatic rings. The molecule has 0 unspecified atom stereocenters. The Morgan fingerprint density at radius 3 is 1.92 bits per heavy atom. The Hall–Kier alpha value is -0.150. The number of rotatable bonds is 2. The predicted octanol–water partition coefficient (Wildman–Crippen LogP) is 1.42. The lowest BCUT2D eigenvalue weighted by molar-refractivity contribution is 0.377. The fraction of sp³-hybridized carbons (Fsp3) is 1.00. The second-order valence-corrected chi connectivity index (χ2v) is 4.17. The number of nitrogens with one attached hydrogen (secondary N) is 1. The van der Waals surface area contributed by atoms with Crippen LogP contribution in [-0.4, -0.2) is 44.3 Å². The summed E-state index contributed by atoms with van der Waals surface area (Å²) in [5, 5.41) is 2.93. The Balaban J connectivity index is 0.000000132. The van der Waals surface area contributed by atoms with E-state index in [-0.39, 0.29) is 12.2 Å². The van der Waals surface area contributed by atoms with Crippen molar-refractivity contribution in [2.75, 3.05) is 33.9 Å². The molecule has 0 spiro atoms. The van der Waals surface area contributed by atoms with Gasteiger partial charge >= 0.3 is 0 Å². The summed E-state index contributed by atoms with van der Waals surface area (Å²) in [6.07, 6.45) is 4.85. The summed E-state index contributed by atoms with van der Waals surface area (Å²) in [6.45, 7) is 2.43. The number of hydrogen-bond acceptors (Lipinski definition) is 2. The molecule has 0 atom stereocenters. The van der Waals surface area contributed by atoms with Crippen molar-refractivity contribution in [2.45, 2.75) is 31.2 Å². The zero-order valence-electron chi connectivity index (χ0n) is 8.77. The zero-order valence-corrected chi connectivity index (χ0v) is 8.77. The van der Waals surface area contributed by atoms with Gasteiger partial charge in [0, 0.05) is 5.54 Å². The van der Waals surface area contributed by atoms with Crippen molar-refractivity contribution in [3.8, 4) is 0 Å². The minimum atomic E-state index is -0.205. The molecule has 1 heterocycles. The molecule has 78 valence electrons. The van der Waals surface area contributed by atoms with Crippen molar-refractivity contribution < 1.29 is 4.39 Å². The summed E-state index contributed by atoms with van der Waals surface area (Å²) in [7, 11) is 3.99. The lowest BCUT2D eigenvalue weighted by Gasteiger charge is -2.05. The van der Waals surface area contributed by atoms with Crippen LogP contribution in [0.4, 0.5) is 4.39 Å². The van der Waals surface area contributed by atoms with Gasteiger partial charge in [-0.05, 0) is 52.9 Å². The molecule has 2 nitrogen and oxygen atoms in total. The molecule has 2 aliphatic rings. The third-order valence-electron chi connectivity index (χ3n) is 2.97. The van der Waals surface area contributed by atoms with E-state index in [1.54, 1.807) is 0 Å². The highest BCUT2D eigenvalue weighted by molar-refractivity contribution is 5.00. The number of likely N-dealkylation sites (tertiary alicyclic amines) is 1. The third-order valence-corrected chi connectivity index (χ3v) is 2.97. The lowest BCUT2D eigenvalue weighted by atomic mass is 10.3. The first-order valence-electron chi connectivity index (χ1n) is 5.16. The second-order valence-electron chi connectivity index (χ2n) is 4.17. The van der Waals surface area contributed by atoms with Crippen LogP contribution in [0.25, 0.3) is 0 Å². The molecule has 1 N–H and O–H groups in total.